The van der Waals surface area contributed by atoms with E-state index in [2.05, 4.69) is 31.6 Å². The molecular formula is C12H9BrCl2N4O. The predicted molar refractivity (Wildman–Crippen MR) is 82.4 cm³/mol. The van der Waals surface area contributed by atoms with Gasteiger partial charge in [0.25, 0.3) is 5.91 Å². The first kappa shape index (κ1) is 15.0. The highest BCUT2D eigenvalue weighted by Gasteiger charge is 2.13. The molecule has 20 heavy (non-hydrogen) atoms. The van der Waals surface area contributed by atoms with Gasteiger partial charge in [-0.3, -0.25) is 9.48 Å². The topological polar surface area (TPSA) is 59.3 Å². The van der Waals surface area contributed by atoms with Crippen molar-refractivity contribution >= 4 is 51.3 Å². The third-order valence-electron chi connectivity index (χ3n) is 2.33. The van der Waals surface area contributed by atoms with Crippen LogP contribution in [0.5, 0.6) is 0 Å². The summed E-state index contributed by atoms with van der Waals surface area (Å²) in [5.41, 5.74) is 3.28. The fraction of sp³-hybridized carbons (Fsp3) is 0.0833. The van der Waals surface area contributed by atoms with Crippen LogP contribution in [0.3, 0.4) is 0 Å². The van der Waals surface area contributed by atoms with Gasteiger partial charge in [0.2, 0.25) is 0 Å². The maximum Gasteiger partial charge on any atom is 0.293 e. The standard InChI is InChI=1S/C12H9BrCl2N4O/c1-19-6-9(13)11(18-19)12(20)17-16-5-7-2-3-8(14)4-10(7)15/h2-6H,1H3,(H,17,20)/b16-5-. The van der Waals surface area contributed by atoms with Gasteiger partial charge >= 0.3 is 0 Å². The average molecular weight is 376 g/mol. The van der Waals surface area contributed by atoms with E-state index in [1.165, 1.54) is 10.9 Å². The summed E-state index contributed by atoms with van der Waals surface area (Å²) >= 11 is 15.0. The largest absolute Gasteiger partial charge is 0.293 e. The summed E-state index contributed by atoms with van der Waals surface area (Å²) in [5.74, 6) is -0.418. The minimum atomic E-state index is -0.418. The van der Waals surface area contributed by atoms with Crippen molar-refractivity contribution in [3.63, 3.8) is 0 Å². The van der Waals surface area contributed by atoms with Crippen molar-refractivity contribution < 1.29 is 4.79 Å². The molecule has 0 spiro atoms. The highest BCUT2D eigenvalue weighted by Crippen LogP contribution is 2.19. The second-order valence-corrected chi connectivity index (χ2v) is 5.56. The van der Waals surface area contributed by atoms with Gasteiger partial charge in [0.15, 0.2) is 5.69 Å². The Bertz CT molecular complexity index is 684. The smallest absolute Gasteiger partial charge is 0.274 e. The molecule has 0 bridgehead atoms. The van der Waals surface area contributed by atoms with Gasteiger partial charge < -0.3 is 0 Å². The van der Waals surface area contributed by atoms with Gasteiger partial charge in [-0.1, -0.05) is 29.3 Å². The molecule has 0 radical (unpaired) electrons. The first-order valence-electron chi connectivity index (χ1n) is 5.45. The molecule has 2 rings (SSSR count). The summed E-state index contributed by atoms with van der Waals surface area (Å²) in [5, 5.41) is 8.83. The summed E-state index contributed by atoms with van der Waals surface area (Å²) in [7, 11) is 1.72. The average Bonchev–Trinajstić information content (AvgIpc) is 2.71. The lowest BCUT2D eigenvalue weighted by molar-refractivity contribution is 0.0948. The highest BCUT2D eigenvalue weighted by molar-refractivity contribution is 9.10. The van der Waals surface area contributed by atoms with Crippen molar-refractivity contribution in [2.24, 2.45) is 12.1 Å². The molecule has 1 aromatic carbocycles. The molecule has 0 saturated carbocycles. The Hall–Kier alpha value is -1.37. The molecule has 0 unspecified atom stereocenters. The first-order chi connectivity index (χ1) is 9.47. The number of carbonyl (C=O) groups excluding carboxylic acids is 1. The quantitative estimate of drug-likeness (QED) is 0.661. The van der Waals surface area contributed by atoms with Gasteiger partial charge in [-0.15, -0.1) is 0 Å². The second-order valence-electron chi connectivity index (χ2n) is 3.86. The molecule has 0 atom stereocenters. The lowest BCUT2D eigenvalue weighted by Gasteiger charge is -1.99. The normalized spacial score (nSPS) is 11.0. The lowest BCUT2D eigenvalue weighted by atomic mass is 10.2. The number of carbonyl (C=O) groups is 1. The Labute approximate surface area is 133 Å². The number of amides is 1. The van der Waals surface area contributed by atoms with Gasteiger partial charge in [0.05, 0.1) is 15.7 Å². The summed E-state index contributed by atoms with van der Waals surface area (Å²) in [6, 6.07) is 4.99. The number of benzene rings is 1. The molecule has 1 aromatic heterocycles. The molecular weight excluding hydrogens is 367 g/mol. The molecule has 0 saturated heterocycles. The molecule has 0 aliphatic carbocycles. The Kier molecular flexibility index (Phi) is 4.80. The Morgan fingerprint density at radius 2 is 2.25 bits per heavy atom. The van der Waals surface area contributed by atoms with E-state index >= 15 is 0 Å². The van der Waals surface area contributed by atoms with Crippen LogP contribution in [0, 0.1) is 0 Å². The first-order valence-corrected chi connectivity index (χ1v) is 7.00. The van der Waals surface area contributed by atoms with Crippen LogP contribution in [-0.4, -0.2) is 21.9 Å². The number of hydrogen-bond donors (Lipinski definition) is 1. The SMILES string of the molecule is Cn1cc(Br)c(C(=O)N/N=C\c2ccc(Cl)cc2Cl)n1. The number of rotatable bonds is 3. The van der Waals surface area contributed by atoms with Crippen LogP contribution in [0.1, 0.15) is 16.1 Å². The van der Waals surface area contributed by atoms with Gasteiger partial charge in [-0.2, -0.15) is 10.2 Å². The van der Waals surface area contributed by atoms with Crippen molar-refractivity contribution in [1.82, 2.24) is 15.2 Å². The Morgan fingerprint density at radius 3 is 2.85 bits per heavy atom. The number of nitrogens with one attached hydrogen (secondary N) is 1. The molecule has 2 aromatic rings. The summed E-state index contributed by atoms with van der Waals surface area (Å²) in [4.78, 5) is 11.8. The lowest BCUT2D eigenvalue weighted by Crippen LogP contribution is -2.19. The molecule has 1 heterocycles. The van der Waals surface area contributed by atoms with Crippen molar-refractivity contribution in [2.75, 3.05) is 0 Å². The molecule has 8 heteroatoms. The summed E-state index contributed by atoms with van der Waals surface area (Å²) in [6.45, 7) is 0. The molecule has 0 aliphatic rings. The molecule has 5 nitrogen and oxygen atoms in total. The predicted octanol–water partition coefficient (Wildman–Crippen LogP) is 3.25. The monoisotopic (exact) mass is 374 g/mol. The number of hydrazone groups is 1. The molecule has 104 valence electrons. The van der Waals surface area contributed by atoms with Crippen molar-refractivity contribution in [2.45, 2.75) is 0 Å². The van der Waals surface area contributed by atoms with E-state index in [-0.39, 0.29) is 5.69 Å². The zero-order valence-corrected chi connectivity index (χ0v) is 13.4. The fourth-order valence-electron chi connectivity index (χ4n) is 1.43. The second kappa shape index (κ2) is 6.39. The Balaban J connectivity index is 2.06. The van der Waals surface area contributed by atoms with Crippen LogP contribution >= 0.6 is 39.1 Å². The number of aryl methyl sites for hydroxylation is 1. The van der Waals surface area contributed by atoms with E-state index in [1.54, 1.807) is 31.4 Å². The van der Waals surface area contributed by atoms with Crippen LogP contribution in [-0.2, 0) is 7.05 Å². The fourth-order valence-corrected chi connectivity index (χ4v) is 2.45. The van der Waals surface area contributed by atoms with Gasteiger partial charge in [0, 0.05) is 23.8 Å². The van der Waals surface area contributed by atoms with Crippen molar-refractivity contribution in [3.8, 4) is 0 Å². The van der Waals surface area contributed by atoms with E-state index in [0.717, 1.165) is 0 Å². The van der Waals surface area contributed by atoms with Crippen molar-refractivity contribution in [3.05, 3.63) is 50.2 Å². The van der Waals surface area contributed by atoms with Crippen molar-refractivity contribution in [1.29, 1.82) is 0 Å². The van der Waals surface area contributed by atoms with E-state index in [1.807, 2.05) is 0 Å². The molecule has 1 amide bonds. The summed E-state index contributed by atoms with van der Waals surface area (Å²) in [6.07, 6.45) is 3.11. The number of halogens is 3. The van der Waals surface area contributed by atoms with E-state index in [9.17, 15) is 4.79 Å². The number of hydrogen-bond acceptors (Lipinski definition) is 3. The minimum Gasteiger partial charge on any atom is -0.274 e. The summed E-state index contributed by atoms with van der Waals surface area (Å²) < 4.78 is 2.12. The third kappa shape index (κ3) is 3.59. The van der Waals surface area contributed by atoms with Gasteiger partial charge in [-0.25, -0.2) is 5.43 Å². The van der Waals surface area contributed by atoms with Gasteiger partial charge in [-0.05, 0) is 28.1 Å². The molecule has 1 N–H and O–H groups in total. The van der Waals surface area contributed by atoms with Crippen LogP contribution in [0.4, 0.5) is 0 Å². The van der Waals surface area contributed by atoms with Crippen LogP contribution in [0.25, 0.3) is 0 Å². The Morgan fingerprint density at radius 1 is 1.50 bits per heavy atom. The van der Waals surface area contributed by atoms with E-state index in [0.29, 0.717) is 20.1 Å². The molecule has 0 aliphatic heterocycles. The van der Waals surface area contributed by atoms with Crippen LogP contribution in [0.2, 0.25) is 10.0 Å². The number of aromatic nitrogens is 2. The van der Waals surface area contributed by atoms with E-state index < -0.39 is 5.91 Å². The molecule has 0 fully saturated rings. The van der Waals surface area contributed by atoms with Crippen LogP contribution in [0.15, 0.2) is 34.0 Å². The van der Waals surface area contributed by atoms with E-state index in [4.69, 9.17) is 23.2 Å². The number of nitrogens with zero attached hydrogens (tertiary/aromatic N) is 3. The maximum absolute atomic E-state index is 11.8. The van der Waals surface area contributed by atoms with Gasteiger partial charge in [0.1, 0.15) is 0 Å². The highest BCUT2D eigenvalue weighted by atomic mass is 79.9. The minimum absolute atomic E-state index is 0.256. The maximum atomic E-state index is 11.8. The van der Waals surface area contributed by atoms with Crippen LogP contribution < -0.4 is 5.43 Å². The third-order valence-corrected chi connectivity index (χ3v) is 3.47. The zero-order chi connectivity index (χ0) is 14.7. The zero-order valence-electron chi connectivity index (χ0n) is 10.3.